The second kappa shape index (κ2) is 8.58. The molecule has 134 valence electrons. The molecule has 0 aliphatic heterocycles. The van der Waals surface area contributed by atoms with E-state index in [4.69, 9.17) is 0 Å². The van der Waals surface area contributed by atoms with E-state index in [1.165, 1.54) is 0 Å². The molecule has 0 saturated carbocycles. The molecule has 0 unspecified atom stereocenters. The third-order valence-electron chi connectivity index (χ3n) is 4.06. The monoisotopic (exact) mass is 367 g/mol. The molecule has 2 aromatic heterocycles. The number of hydrogen-bond donors (Lipinski definition) is 1. The molecular weight excluding hydrogens is 346 g/mol. The highest BCUT2D eigenvalue weighted by Gasteiger charge is 2.08. The maximum absolute atomic E-state index is 12.1. The fourth-order valence-corrected chi connectivity index (χ4v) is 3.53. The summed E-state index contributed by atoms with van der Waals surface area (Å²) in [5, 5.41) is 5.75. The number of amides is 1. The second-order valence-electron chi connectivity index (χ2n) is 6.05. The molecule has 2 heterocycles. The number of carbonyl (C=O) groups excluding carboxylic acids is 1. The Balaban J connectivity index is 1.46. The van der Waals surface area contributed by atoms with Crippen molar-refractivity contribution in [3.63, 3.8) is 0 Å². The standard InChI is InChI=1S/C20H21N3O2S/c1-15-7-5-10-19(25)23(15)12-6-11-21-18(24)13-17-14-26-20(22-17)16-8-3-2-4-9-16/h2-5,7-10,14H,6,11-13H2,1H3,(H,21,24). The quantitative estimate of drug-likeness (QED) is 0.653. The smallest absolute Gasteiger partial charge is 0.250 e. The van der Waals surface area contributed by atoms with Crippen LogP contribution < -0.4 is 10.9 Å². The summed E-state index contributed by atoms with van der Waals surface area (Å²) in [7, 11) is 0. The molecule has 0 atom stereocenters. The lowest BCUT2D eigenvalue weighted by Crippen LogP contribution is -2.28. The van der Waals surface area contributed by atoms with E-state index in [1.54, 1.807) is 28.0 Å². The first kappa shape index (κ1) is 18.1. The van der Waals surface area contributed by atoms with Gasteiger partial charge in [-0.25, -0.2) is 4.98 Å². The highest BCUT2D eigenvalue weighted by Crippen LogP contribution is 2.23. The number of aryl methyl sites for hydroxylation is 1. The Morgan fingerprint density at radius 2 is 1.96 bits per heavy atom. The van der Waals surface area contributed by atoms with Gasteiger partial charge in [-0.1, -0.05) is 36.4 Å². The van der Waals surface area contributed by atoms with Crippen LogP contribution in [0.3, 0.4) is 0 Å². The molecule has 3 rings (SSSR count). The summed E-state index contributed by atoms with van der Waals surface area (Å²) >= 11 is 1.54. The fraction of sp³-hybridized carbons (Fsp3) is 0.250. The Hall–Kier alpha value is -2.73. The SMILES string of the molecule is Cc1cccc(=O)n1CCCNC(=O)Cc1csc(-c2ccccc2)n1. The molecule has 0 saturated heterocycles. The lowest BCUT2D eigenvalue weighted by Gasteiger charge is -2.09. The Morgan fingerprint density at radius 1 is 1.15 bits per heavy atom. The van der Waals surface area contributed by atoms with E-state index in [9.17, 15) is 9.59 Å². The van der Waals surface area contributed by atoms with Crippen LogP contribution in [0.2, 0.25) is 0 Å². The zero-order valence-electron chi connectivity index (χ0n) is 14.6. The molecule has 26 heavy (non-hydrogen) atoms. The molecular formula is C20H21N3O2S. The number of benzene rings is 1. The van der Waals surface area contributed by atoms with Crippen molar-refractivity contribution in [2.24, 2.45) is 0 Å². The van der Waals surface area contributed by atoms with Crippen molar-refractivity contribution in [1.82, 2.24) is 14.9 Å². The van der Waals surface area contributed by atoms with Crippen molar-refractivity contribution in [3.05, 3.63) is 75.7 Å². The molecule has 0 aliphatic rings. The largest absolute Gasteiger partial charge is 0.356 e. The second-order valence-corrected chi connectivity index (χ2v) is 6.91. The molecule has 1 aromatic carbocycles. The van der Waals surface area contributed by atoms with Crippen molar-refractivity contribution >= 4 is 17.2 Å². The van der Waals surface area contributed by atoms with Crippen LogP contribution >= 0.6 is 11.3 Å². The maximum atomic E-state index is 12.1. The van der Waals surface area contributed by atoms with Gasteiger partial charge >= 0.3 is 0 Å². The van der Waals surface area contributed by atoms with Crippen LogP contribution in [0, 0.1) is 6.92 Å². The molecule has 0 aliphatic carbocycles. The summed E-state index contributed by atoms with van der Waals surface area (Å²) in [5.74, 6) is -0.0490. The van der Waals surface area contributed by atoms with Crippen LogP contribution in [0.1, 0.15) is 17.8 Å². The van der Waals surface area contributed by atoms with E-state index in [0.29, 0.717) is 19.5 Å². The van der Waals surface area contributed by atoms with E-state index < -0.39 is 0 Å². The van der Waals surface area contributed by atoms with Crippen molar-refractivity contribution in [2.45, 2.75) is 26.3 Å². The minimum Gasteiger partial charge on any atom is -0.356 e. The Kier molecular flexibility index (Phi) is 5.96. The molecule has 6 heteroatoms. The number of aromatic nitrogens is 2. The van der Waals surface area contributed by atoms with Gasteiger partial charge in [-0.2, -0.15) is 0 Å². The number of hydrogen-bond acceptors (Lipinski definition) is 4. The van der Waals surface area contributed by atoms with Crippen LogP contribution in [0.15, 0.2) is 58.7 Å². The summed E-state index contributed by atoms with van der Waals surface area (Å²) < 4.78 is 1.72. The molecule has 0 spiro atoms. The van der Waals surface area contributed by atoms with Gasteiger partial charge in [0.25, 0.3) is 5.56 Å². The van der Waals surface area contributed by atoms with Crippen LogP contribution in [0.25, 0.3) is 10.6 Å². The molecule has 0 bridgehead atoms. The molecule has 3 aromatic rings. The number of rotatable bonds is 7. The molecule has 0 fully saturated rings. The third-order valence-corrected chi connectivity index (χ3v) is 5.00. The highest BCUT2D eigenvalue weighted by molar-refractivity contribution is 7.13. The predicted octanol–water partition coefficient (Wildman–Crippen LogP) is 3.03. The van der Waals surface area contributed by atoms with Gasteiger partial charge in [-0.15, -0.1) is 11.3 Å². The lowest BCUT2D eigenvalue weighted by atomic mass is 10.2. The molecule has 1 N–H and O–H groups in total. The van der Waals surface area contributed by atoms with Gasteiger partial charge in [0.05, 0.1) is 12.1 Å². The normalized spacial score (nSPS) is 10.7. The van der Waals surface area contributed by atoms with Gasteiger partial charge in [0, 0.05) is 35.8 Å². The van der Waals surface area contributed by atoms with E-state index in [-0.39, 0.29) is 17.9 Å². The van der Waals surface area contributed by atoms with Gasteiger partial charge in [-0.3, -0.25) is 9.59 Å². The van der Waals surface area contributed by atoms with Crippen LogP contribution in [-0.2, 0) is 17.8 Å². The molecule has 5 nitrogen and oxygen atoms in total. The van der Waals surface area contributed by atoms with Crippen molar-refractivity contribution in [2.75, 3.05) is 6.54 Å². The predicted molar refractivity (Wildman–Crippen MR) is 104 cm³/mol. The Labute approximate surface area is 156 Å². The minimum atomic E-state index is -0.0490. The van der Waals surface area contributed by atoms with Gasteiger partial charge in [0.1, 0.15) is 5.01 Å². The first-order valence-electron chi connectivity index (χ1n) is 8.56. The summed E-state index contributed by atoms with van der Waals surface area (Å²) in [6.07, 6.45) is 0.983. The maximum Gasteiger partial charge on any atom is 0.250 e. The summed E-state index contributed by atoms with van der Waals surface area (Å²) in [6.45, 7) is 3.04. The Bertz CT molecular complexity index is 931. The third kappa shape index (κ3) is 4.67. The first-order valence-corrected chi connectivity index (χ1v) is 9.44. The van der Waals surface area contributed by atoms with E-state index in [1.807, 2.05) is 48.7 Å². The summed E-state index contributed by atoms with van der Waals surface area (Å²) in [5.41, 5.74) is 2.77. The average molecular weight is 367 g/mol. The molecule has 0 radical (unpaired) electrons. The number of thiazole rings is 1. The fourth-order valence-electron chi connectivity index (χ4n) is 2.70. The zero-order valence-corrected chi connectivity index (χ0v) is 15.5. The first-order chi connectivity index (χ1) is 12.6. The van der Waals surface area contributed by atoms with Gasteiger partial charge in [0.2, 0.25) is 5.91 Å². The zero-order chi connectivity index (χ0) is 18.4. The lowest BCUT2D eigenvalue weighted by molar-refractivity contribution is -0.120. The number of carbonyl (C=O) groups is 1. The number of nitrogens with zero attached hydrogens (tertiary/aromatic N) is 2. The highest BCUT2D eigenvalue weighted by atomic mass is 32.1. The van der Waals surface area contributed by atoms with Crippen LogP contribution in [0.5, 0.6) is 0 Å². The van der Waals surface area contributed by atoms with E-state index in [0.717, 1.165) is 22.0 Å². The number of pyridine rings is 1. The minimum absolute atomic E-state index is 0.00718. The van der Waals surface area contributed by atoms with Crippen LogP contribution in [0.4, 0.5) is 0 Å². The van der Waals surface area contributed by atoms with Crippen LogP contribution in [-0.4, -0.2) is 22.0 Å². The Morgan fingerprint density at radius 3 is 2.73 bits per heavy atom. The van der Waals surface area contributed by atoms with E-state index >= 15 is 0 Å². The van der Waals surface area contributed by atoms with E-state index in [2.05, 4.69) is 10.3 Å². The average Bonchev–Trinajstić information content (AvgIpc) is 3.10. The summed E-state index contributed by atoms with van der Waals surface area (Å²) in [4.78, 5) is 28.4. The topological polar surface area (TPSA) is 64.0 Å². The van der Waals surface area contributed by atoms with Gasteiger partial charge < -0.3 is 9.88 Å². The molecule has 1 amide bonds. The number of nitrogens with one attached hydrogen (secondary N) is 1. The summed E-state index contributed by atoms with van der Waals surface area (Å²) in [6, 6.07) is 15.2. The van der Waals surface area contributed by atoms with Crippen molar-refractivity contribution in [1.29, 1.82) is 0 Å². The van der Waals surface area contributed by atoms with Crippen molar-refractivity contribution in [3.8, 4) is 10.6 Å². The van der Waals surface area contributed by atoms with Crippen molar-refractivity contribution < 1.29 is 4.79 Å². The van der Waals surface area contributed by atoms with Gasteiger partial charge in [-0.05, 0) is 19.4 Å². The van der Waals surface area contributed by atoms with Gasteiger partial charge in [0.15, 0.2) is 0 Å².